The molecule has 0 atom stereocenters. The number of fused-ring (bicyclic) bond motifs is 1. The van der Waals surface area contributed by atoms with Crippen LogP contribution in [-0.4, -0.2) is 32.4 Å². The molecule has 2 aromatic carbocycles. The van der Waals surface area contributed by atoms with Gasteiger partial charge in [-0.3, -0.25) is 0 Å². The molecule has 0 aromatic heterocycles. The molecule has 7 heteroatoms. The maximum atomic E-state index is 12.3. The summed E-state index contributed by atoms with van der Waals surface area (Å²) in [4.78, 5) is 16.6. The predicted molar refractivity (Wildman–Crippen MR) is 106 cm³/mol. The molecule has 2 aliphatic rings. The molecule has 2 aliphatic heterocycles. The number of hydrogen-bond donors (Lipinski definition) is 0. The normalized spacial score (nSPS) is 16.2. The Morgan fingerprint density at radius 2 is 1.93 bits per heavy atom. The molecule has 0 saturated heterocycles. The number of ether oxygens (including phenoxy) is 5. The van der Waals surface area contributed by atoms with Crippen molar-refractivity contribution in [1.82, 2.24) is 0 Å². The van der Waals surface area contributed by atoms with Gasteiger partial charge in [0.2, 0.25) is 12.7 Å². The third-order valence-corrected chi connectivity index (χ3v) is 4.30. The second-order valence-corrected chi connectivity index (χ2v) is 7.02. The fraction of sp³-hybridized carbons (Fsp3) is 0.273. The molecular weight excluding hydrogens is 374 g/mol. The quantitative estimate of drug-likeness (QED) is 0.547. The van der Waals surface area contributed by atoms with E-state index in [1.54, 1.807) is 37.5 Å². The molecule has 0 fully saturated rings. The van der Waals surface area contributed by atoms with E-state index < -0.39 is 5.97 Å². The van der Waals surface area contributed by atoms with Gasteiger partial charge in [-0.2, -0.15) is 0 Å². The van der Waals surface area contributed by atoms with Crippen LogP contribution in [0.1, 0.15) is 25.0 Å². The highest BCUT2D eigenvalue weighted by atomic mass is 16.7. The van der Waals surface area contributed by atoms with Crippen LogP contribution in [0.2, 0.25) is 0 Å². The van der Waals surface area contributed by atoms with E-state index in [4.69, 9.17) is 23.7 Å². The molecule has 0 amide bonds. The number of rotatable bonds is 6. The van der Waals surface area contributed by atoms with Crippen molar-refractivity contribution in [2.45, 2.75) is 13.8 Å². The van der Waals surface area contributed by atoms with E-state index >= 15 is 0 Å². The number of hydrogen-bond acceptors (Lipinski definition) is 7. The van der Waals surface area contributed by atoms with Crippen molar-refractivity contribution < 1.29 is 28.5 Å². The van der Waals surface area contributed by atoms with Crippen molar-refractivity contribution in [3.8, 4) is 23.0 Å². The third-order valence-electron chi connectivity index (χ3n) is 4.30. The summed E-state index contributed by atoms with van der Waals surface area (Å²) in [6.45, 7) is 4.92. The molecule has 0 spiro atoms. The Kier molecular flexibility index (Phi) is 5.12. The summed E-state index contributed by atoms with van der Waals surface area (Å²) in [5.41, 5.74) is 1.60. The van der Waals surface area contributed by atoms with E-state index in [0.717, 1.165) is 5.56 Å². The molecule has 150 valence electrons. The first-order valence-corrected chi connectivity index (χ1v) is 9.27. The van der Waals surface area contributed by atoms with E-state index in [-0.39, 0.29) is 18.4 Å². The van der Waals surface area contributed by atoms with Crippen LogP contribution in [0.25, 0.3) is 6.08 Å². The first kappa shape index (κ1) is 18.9. The maximum absolute atomic E-state index is 12.3. The van der Waals surface area contributed by atoms with Gasteiger partial charge in [0.1, 0.15) is 0 Å². The number of carbonyl (C=O) groups is 1. The minimum absolute atomic E-state index is 0.176. The van der Waals surface area contributed by atoms with Crippen LogP contribution < -0.4 is 18.9 Å². The summed E-state index contributed by atoms with van der Waals surface area (Å²) in [7, 11) is 1.58. The molecule has 0 bridgehead atoms. The van der Waals surface area contributed by atoms with Crippen molar-refractivity contribution in [2.24, 2.45) is 10.9 Å². The second kappa shape index (κ2) is 7.87. The van der Waals surface area contributed by atoms with E-state index in [9.17, 15) is 4.79 Å². The Balaban J connectivity index is 1.58. The third kappa shape index (κ3) is 4.03. The Bertz CT molecular complexity index is 1010. The van der Waals surface area contributed by atoms with Gasteiger partial charge in [0.15, 0.2) is 28.7 Å². The van der Waals surface area contributed by atoms with Crippen LogP contribution in [0, 0.1) is 5.92 Å². The van der Waals surface area contributed by atoms with E-state index in [1.165, 1.54) is 0 Å². The zero-order chi connectivity index (χ0) is 20.4. The standard InChI is InChI=1S/C22H21NO6/c1-13(2)11-26-17-6-4-14(9-19(17)25-3)8-16-22(24)29-21(23-16)15-5-7-18-20(10-15)28-12-27-18/h4-10,13H,11-12H2,1-3H3/b16-8-. The molecule has 29 heavy (non-hydrogen) atoms. The lowest BCUT2D eigenvalue weighted by Crippen LogP contribution is -2.05. The van der Waals surface area contributed by atoms with Crippen molar-refractivity contribution in [1.29, 1.82) is 0 Å². The Morgan fingerprint density at radius 3 is 2.72 bits per heavy atom. The summed E-state index contributed by atoms with van der Waals surface area (Å²) in [5.74, 6) is 2.61. The average Bonchev–Trinajstić information content (AvgIpc) is 3.32. The van der Waals surface area contributed by atoms with Crippen molar-refractivity contribution >= 4 is 17.9 Å². The largest absolute Gasteiger partial charge is 0.493 e. The minimum Gasteiger partial charge on any atom is -0.493 e. The highest BCUT2D eigenvalue weighted by molar-refractivity contribution is 6.13. The molecule has 4 rings (SSSR count). The lowest BCUT2D eigenvalue weighted by molar-refractivity contribution is -0.129. The number of methoxy groups -OCH3 is 1. The molecular formula is C22H21NO6. The van der Waals surface area contributed by atoms with Crippen LogP contribution >= 0.6 is 0 Å². The van der Waals surface area contributed by atoms with E-state index in [1.807, 2.05) is 12.1 Å². The van der Waals surface area contributed by atoms with Crippen LogP contribution in [-0.2, 0) is 9.53 Å². The Hall–Kier alpha value is -3.48. The molecule has 0 saturated carbocycles. The summed E-state index contributed by atoms with van der Waals surface area (Å²) < 4.78 is 27.2. The number of aliphatic imine (C=N–C) groups is 1. The first-order chi connectivity index (χ1) is 14.0. The number of cyclic esters (lactones) is 1. The van der Waals surface area contributed by atoms with Gasteiger partial charge in [0, 0.05) is 5.56 Å². The van der Waals surface area contributed by atoms with Crippen molar-refractivity contribution in [2.75, 3.05) is 20.5 Å². The van der Waals surface area contributed by atoms with Gasteiger partial charge in [0.05, 0.1) is 13.7 Å². The lowest BCUT2D eigenvalue weighted by atomic mass is 10.1. The van der Waals surface area contributed by atoms with Gasteiger partial charge in [-0.05, 0) is 47.9 Å². The van der Waals surface area contributed by atoms with Gasteiger partial charge in [-0.15, -0.1) is 0 Å². The molecule has 2 heterocycles. The zero-order valence-corrected chi connectivity index (χ0v) is 16.4. The topological polar surface area (TPSA) is 75.6 Å². The van der Waals surface area contributed by atoms with Crippen LogP contribution in [0.3, 0.4) is 0 Å². The number of nitrogens with zero attached hydrogens (tertiary/aromatic N) is 1. The van der Waals surface area contributed by atoms with E-state index in [0.29, 0.717) is 41.1 Å². The van der Waals surface area contributed by atoms with Crippen LogP contribution in [0.15, 0.2) is 47.1 Å². The molecule has 0 aliphatic carbocycles. The Morgan fingerprint density at radius 1 is 1.10 bits per heavy atom. The molecule has 7 nitrogen and oxygen atoms in total. The summed E-state index contributed by atoms with van der Waals surface area (Å²) in [6.07, 6.45) is 1.65. The average molecular weight is 395 g/mol. The van der Waals surface area contributed by atoms with Gasteiger partial charge in [-0.1, -0.05) is 19.9 Å². The molecule has 0 unspecified atom stereocenters. The SMILES string of the molecule is COc1cc(/C=C2\N=C(c3ccc4c(c3)OCO4)OC2=O)ccc1OCC(C)C. The smallest absolute Gasteiger partial charge is 0.363 e. The van der Waals surface area contributed by atoms with Crippen molar-refractivity contribution in [3.63, 3.8) is 0 Å². The van der Waals surface area contributed by atoms with Crippen LogP contribution in [0.5, 0.6) is 23.0 Å². The van der Waals surface area contributed by atoms with Gasteiger partial charge in [0.25, 0.3) is 0 Å². The first-order valence-electron chi connectivity index (χ1n) is 9.27. The van der Waals surface area contributed by atoms with E-state index in [2.05, 4.69) is 18.8 Å². The maximum Gasteiger partial charge on any atom is 0.363 e. The molecule has 2 aromatic rings. The molecule has 0 radical (unpaired) electrons. The minimum atomic E-state index is -0.517. The summed E-state index contributed by atoms with van der Waals surface area (Å²) in [5, 5.41) is 0. The highest BCUT2D eigenvalue weighted by Crippen LogP contribution is 2.34. The Labute approximate surface area is 168 Å². The number of esters is 1. The monoisotopic (exact) mass is 395 g/mol. The number of benzene rings is 2. The predicted octanol–water partition coefficient (Wildman–Crippen LogP) is 3.80. The van der Waals surface area contributed by atoms with Gasteiger partial charge < -0.3 is 23.7 Å². The summed E-state index contributed by atoms with van der Waals surface area (Å²) >= 11 is 0. The molecule has 0 N–H and O–H groups in total. The second-order valence-electron chi connectivity index (χ2n) is 7.02. The lowest BCUT2D eigenvalue weighted by Gasteiger charge is -2.12. The fourth-order valence-electron chi connectivity index (χ4n) is 2.87. The van der Waals surface area contributed by atoms with Gasteiger partial charge >= 0.3 is 5.97 Å². The summed E-state index contributed by atoms with van der Waals surface area (Å²) in [6, 6.07) is 10.7. The van der Waals surface area contributed by atoms with Crippen LogP contribution in [0.4, 0.5) is 0 Å². The van der Waals surface area contributed by atoms with Gasteiger partial charge in [-0.25, -0.2) is 9.79 Å². The zero-order valence-electron chi connectivity index (χ0n) is 16.4. The van der Waals surface area contributed by atoms with Crippen molar-refractivity contribution in [3.05, 3.63) is 53.2 Å². The highest BCUT2D eigenvalue weighted by Gasteiger charge is 2.26. The fourth-order valence-corrected chi connectivity index (χ4v) is 2.87. The number of carbonyl (C=O) groups excluding carboxylic acids is 1.